The summed E-state index contributed by atoms with van der Waals surface area (Å²) >= 11 is 6.62. The Balaban J connectivity index is 1.80. The monoisotopic (exact) mass is 445 g/mol. The van der Waals surface area contributed by atoms with Crippen LogP contribution < -0.4 is 0 Å². The van der Waals surface area contributed by atoms with E-state index in [2.05, 4.69) is 31.2 Å². The zero-order valence-electron chi connectivity index (χ0n) is 17.6. The Bertz CT molecular complexity index is 1060. The first kappa shape index (κ1) is 22.3. The highest BCUT2D eigenvalue weighted by Gasteiger charge is 2.44. The Labute approximate surface area is 186 Å². The number of aliphatic hydroxyl groups excluding tert-OH is 4. The third-order valence-corrected chi connectivity index (χ3v) is 6.37. The number of hydrogen-bond donors (Lipinski definition) is 4. The van der Waals surface area contributed by atoms with Gasteiger partial charge in [0.05, 0.1) is 17.1 Å². The van der Waals surface area contributed by atoms with Gasteiger partial charge < -0.3 is 29.7 Å². The van der Waals surface area contributed by atoms with E-state index in [1.807, 2.05) is 29.8 Å². The lowest BCUT2D eigenvalue weighted by atomic mass is 9.91. The number of rotatable bonds is 5. The number of aliphatic hydroxyl groups is 4. The molecule has 1 aromatic heterocycles. The molecule has 3 aromatic rings. The van der Waals surface area contributed by atoms with Gasteiger partial charge in [-0.25, -0.2) is 0 Å². The van der Waals surface area contributed by atoms with Crippen molar-refractivity contribution in [1.82, 2.24) is 4.57 Å². The summed E-state index contributed by atoms with van der Waals surface area (Å²) in [5, 5.41) is 42.0. The maximum absolute atomic E-state index is 10.7. The fourth-order valence-corrected chi connectivity index (χ4v) is 4.72. The van der Waals surface area contributed by atoms with E-state index in [0.717, 1.165) is 28.5 Å². The van der Waals surface area contributed by atoms with Gasteiger partial charge in [-0.2, -0.15) is 0 Å². The molecule has 166 valence electrons. The molecule has 1 saturated heterocycles. The van der Waals surface area contributed by atoms with Crippen molar-refractivity contribution in [3.63, 3.8) is 0 Å². The molecule has 1 aliphatic rings. The number of aryl methyl sites for hydroxylation is 2. The highest BCUT2D eigenvalue weighted by Crippen LogP contribution is 2.39. The number of nitrogens with zero attached hydrogens (tertiary/aromatic N) is 1. The van der Waals surface area contributed by atoms with Crippen LogP contribution in [0.15, 0.2) is 42.6 Å². The summed E-state index contributed by atoms with van der Waals surface area (Å²) in [6, 6.07) is 12.2. The van der Waals surface area contributed by atoms with E-state index in [1.54, 1.807) is 0 Å². The number of fused-ring (bicyclic) bond motifs is 1. The van der Waals surface area contributed by atoms with E-state index >= 15 is 0 Å². The third-order valence-electron chi connectivity index (χ3n) is 6.08. The number of benzene rings is 2. The second-order valence-electron chi connectivity index (χ2n) is 8.27. The van der Waals surface area contributed by atoms with Crippen LogP contribution in [-0.4, -0.2) is 56.0 Å². The van der Waals surface area contributed by atoms with Crippen LogP contribution in [-0.2, 0) is 17.7 Å². The molecule has 1 unspecified atom stereocenters. The summed E-state index contributed by atoms with van der Waals surface area (Å²) in [7, 11) is 0. The van der Waals surface area contributed by atoms with E-state index in [-0.39, 0.29) is 0 Å². The summed E-state index contributed by atoms with van der Waals surface area (Å²) in [5.74, 6) is 0. The molecule has 0 spiro atoms. The molecule has 7 heteroatoms. The molecule has 0 bridgehead atoms. The first-order chi connectivity index (χ1) is 14.8. The predicted octanol–water partition coefficient (Wildman–Crippen LogP) is 2.73. The minimum Gasteiger partial charge on any atom is -0.394 e. The molecule has 1 aliphatic heterocycles. The normalized spacial score (nSPS) is 26.5. The largest absolute Gasteiger partial charge is 0.394 e. The van der Waals surface area contributed by atoms with Gasteiger partial charge in [0.15, 0.2) is 0 Å². The Hall–Kier alpha value is -1.93. The van der Waals surface area contributed by atoms with Gasteiger partial charge in [0.2, 0.25) is 0 Å². The number of aromatic nitrogens is 1. The molecule has 0 amide bonds. The van der Waals surface area contributed by atoms with E-state index < -0.39 is 37.1 Å². The summed E-state index contributed by atoms with van der Waals surface area (Å²) < 4.78 is 7.84. The topological polar surface area (TPSA) is 95.1 Å². The Morgan fingerprint density at radius 2 is 1.68 bits per heavy atom. The molecule has 6 nitrogen and oxygen atoms in total. The van der Waals surface area contributed by atoms with Crippen LogP contribution in [0.25, 0.3) is 10.9 Å². The minimum absolute atomic E-state index is 0.469. The van der Waals surface area contributed by atoms with E-state index in [9.17, 15) is 20.4 Å². The first-order valence-corrected chi connectivity index (χ1v) is 10.9. The molecule has 31 heavy (non-hydrogen) atoms. The van der Waals surface area contributed by atoms with Gasteiger partial charge in [-0.1, -0.05) is 42.8 Å². The fourth-order valence-electron chi connectivity index (χ4n) is 4.34. The van der Waals surface area contributed by atoms with Crippen LogP contribution >= 0.6 is 11.6 Å². The lowest BCUT2D eigenvalue weighted by Gasteiger charge is -2.40. The predicted molar refractivity (Wildman–Crippen MR) is 119 cm³/mol. The smallest absolute Gasteiger partial charge is 0.114 e. The molecule has 0 saturated carbocycles. The van der Waals surface area contributed by atoms with E-state index in [1.165, 1.54) is 5.56 Å². The Kier molecular flexibility index (Phi) is 6.40. The van der Waals surface area contributed by atoms with Gasteiger partial charge in [-0.3, -0.25) is 0 Å². The average molecular weight is 446 g/mol. The van der Waals surface area contributed by atoms with Crippen molar-refractivity contribution in [2.45, 2.75) is 57.3 Å². The molecule has 0 radical (unpaired) electrons. The second kappa shape index (κ2) is 8.90. The van der Waals surface area contributed by atoms with Crippen molar-refractivity contribution >= 4 is 22.5 Å². The molecule has 2 aromatic carbocycles. The standard InChI is InChI=1S/C24H28ClNO5/c1-3-14-4-6-15(7-5-14)10-26-11-17(16-8-13(2)9-18(25)20(16)26)24-23(30)22(29)21(28)19(12-27)31-24/h4-9,11,19,21-24,27-30H,3,10,12H2,1-2H3/t19-,21-,22+,23-,24?/m1/s1. The molecule has 0 aliphatic carbocycles. The van der Waals surface area contributed by atoms with Crippen LogP contribution in [0.4, 0.5) is 0 Å². The van der Waals surface area contributed by atoms with Crippen molar-refractivity contribution in [3.8, 4) is 0 Å². The van der Waals surface area contributed by atoms with Gasteiger partial charge in [-0.05, 0) is 42.2 Å². The van der Waals surface area contributed by atoms with Crippen molar-refractivity contribution in [1.29, 1.82) is 0 Å². The highest BCUT2D eigenvalue weighted by molar-refractivity contribution is 6.35. The Morgan fingerprint density at radius 1 is 1.00 bits per heavy atom. The lowest BCUT2D eigenvalue weighted by Crippen LogP contribution is -2.55. The van der Waals surface area contributed by atoms with Crippen LogP contribution in [0.5, 0.6) is 0 Å². The maximum Gasteiger partial charge on any atom is 0.114 e. The summed E-state index contributed by atoms with van der Waals surface area (Å²) in [4.78, 5) is 0. The fraction of sp³-hybridized carbons (Fsp3) is 0.417. The van der Waals surface area contributed by atoms with E-state index in [0.29, 0.717) is 17.1 Å². The van der Waals surface area contributed by atoms with Crippen molar-refractivity contribution in [2.75, 3.05) is 6.61 Å². The van der Waals surface area contributed by atoms with Crippen molar-refractivity contribution in [3.05, 3.63) is 69.9 Å². The number of hydrogen-bond acceptors (Lipinski definition) is 5. The quantitative estimate of drug-likeness (QED) is 0.484. The first-order valence-electron chi connectivity index (χ1n) is 10.5. The minimum atomic E-state index is -1.43. The molecular weight excluding hydrogens is 418 g/mol. The average Bonchev–Trinajstić information content (AvgIpc) is 3.11. The summed E-state index contributed by atoms with van der Waals surface area (Å²) in [5.41, 5.74) is 4.78. The molecule has 1 fully saturated rings. The third kappa shape index (κ3) is 4.12. The molecular formula is C24H28ClNO5. The van der Waals surface area contributed by atoms with Crippen LogP contribution in [0.3, 0.4) is 0 Å². The van der Waals surface area contributed by atoms with Gasteiger partial charge in [0.25, 0.3) is 0 Å². The second-order valence-corrected chi connectivity index (χ2v) is 8.68. The zero-order valence-corrected chi connectivity index (χ0v) is 18.3. The van der Waals surface area contributed by atoms with E-state index in [4.69, 9.17) is 16.3 Å². The molecule has 4 rings (SSSR count). The Morgan fingerprint density at radius 3 is 2.32 bits per heavy atom. The van der Waals surface area contributed by atoms with Crippen molar-refractivity contribution < 1.29 is 25.2 Å². The summed E-state index contributed by atoms with van der Waals surface area (Å²) in [6.45, 7) is 4.15. The lowest BCUT2D eigenvalue weighted by molar-refractivity contribution is -0.231. The van der Waals surface area contributed by atoms with Crippen LogP contribution in [0, 0.1) is 6.92 Å². The van der Waals surface area contributed by atoms with Gasteiger partial charge >= 0.3 is 0 Å². The molecule has 5 atom stereocenters. The van der Waals surface area contributed by atoms with Crippen LogP contribution in [0.2, 0.25) is 5.02 Å². The number of halogens is 1. The zero-order chi connectivity index (χ0) is 22.3. The van der Waals surface area contributed by atoms with Gasteiger partial charge in [-0.15, -0.1) is 0 Å². The van der Waals surface area contributed by atoms with Gasteiger partial charge in [0.1, 0.15) is 30.5 Å². The summed E-state index contributed by atoms with van der Waals surface area (Å²) in [6.07, 6.45) is -3.22. The highest BCUT2D eigenvalue weighted by atomic mass is 35.5. The molecule has 2 heterocycles. The molecule has 4 N–H and O–H groups in total. The maximum atomic E-state index is 10.7. The number of ether oxygens (including phenoxy) is 1. The van der Waals surface area contributed by atoms with Crippen molar-refractivity contribution in [2.24, 2.45) is 0 Å². The van der Waals surface area contributed by atoms with Crippen LogP contribution in [0.1, 0.15) is 35.3 Å². The SMILES string of the molecule is CCc1ccc(Cn2cc(C3O[C@H](CO)[C@@H](O)[C@H](O)[C@H]3O)c3cc(C)cc(Cl)c32)cc1. The van der Waals surface area contributed by atoms with Gasteiger partial charge in [0, 0.05) is 23.7 Å².